The van der Waals surface area contributed by atoms with Crippen LogP contribution in [0.2, 0.25) is 0 Å². The van der Waals surface area contributed by atoms with Gasteiger partial charge in [-0.05, 0) is 43.9 Å². The van der Waals surface area contributed by atoms with E-state index in [4.69, 9.17) is 5.73 Å². The monoisotopic (exact) mass is 315 g/mol. The second kappa shape index (κ2) is 6.40. The molecule has 1 saturated carbocycles. The third-order valence-corrected chi connectivity index (χ3v) is 4.51. The van der Waals surface area contributed by atoms with E-state index in [1.807, 2.05) is 0 Å². The molecule has 0 bridgehead atoms. The van der Waals surface area contributed by atoms with Gasteiger partial charge in [0.05, 0.1) is 0 Å². The summed E-state index contributed by atoms with van der Waals surface area (Å²) in [4.78, 5) is 37.3. The van der Waals surface area contributed by atoms with Crippen molar-refractivity contribution in [3.8, 4) is 0 Å². The number of nitrogens with one attached hydrogen (secondary N) is 1. The Morgan fingerprint density at radius 2 is 1.74 bits per heavy atom. The quantitative estimate of drug-likeness (QED) is 0.879. The number of hydrogen-bond donors (Lipinski definition) is 2. The first kappa shape index (κ1) is 15.5. The van der Waals surface area contributed by atoms with Gasteiger partial charge in [0.25, 0.3) is 5.91 Å². The SMILES string of the molecule is NC(=O)C1CCN(C(=O)c2cccc(NC(=O)C3CC3)c2)CC1. The first-order valence-corrected chi connectivity index (χ1v) is 8.04. The molecule has 1 aromatic carbocycles. The molecule has 1 heterocycles. The molecule has 1 saturated heterocycles. The number of amides is 3. The highest BCUT2D eigenvalue weighted by molar-refractivity contribution is 5.98. The molecule has 0 spiro atoms. The lowest BCUT2D eigenvalue weighted by Crippen LogP contribution is -2.41. The Morgan fingerprint density at radius 3 is 2.35 bits per heavy atom. The fraction of sp³-hybridized carbons (Fsp3) is 0.471. The molecule has 3 N–H and O–H groups in total. The van der Waals surface area contributed by atoms with E-state index in [-0.39, 0.29) is 29.6 Å². The van der Waals surface area contributed by atoms with E-state index in [9.17, 15) is 14.4 Å². The van der Waals surface area contributed by atoms with Crippen molar-refractivity contribution in [2.45, 2.75) is 25.7 Å². The molecule has 3 rings (SSSR count). The summed E-state index contributed by atoms with van der Waals surface area (Å²) < 4.78 is 0. The summed E-state index contributed by atoms with van der Waals surface area (Å²) in [5.74, 6) is -0.348. The highest BCUT2D eigenvalue weighted by atomic mass is 16.2. The van der Waals surface area contributed by atoms with Crippen LogP contribution in [0.5, 0.6) is 0 Å². The minimum absolute atomic E-state index is 0.0249. The van der Waals surface area contributed by atoms with Gasteiger partial charge in [0.15, 0.2) is 0 Å². The lowest BCUT2D eigenvalue weighted by atomic mass is 9.96. The zero-order valence-electron chi connectivity index (χ0n) is 13.0. The largest absolute Gasteiger partial charge is 0.369 e. The Balaban J connectivity index is 1.63. The summed E-state index contributed by atoms with van der Waals surface area (Å²) in [6, 6.07) is 7.01. The number of carbonyl (C=O) groups is 3. The van der Waals surface area contributed by atoms with Crippen LogP contribution >= 0.6 is 0 Å². The van der Waals surface area contributed by atoms with Crippen LogP contribution in [0.1, 0.15) is 36.0 Å². The van der Waals surface area contributed by atoms with Crippen molar-refractivity contribution in [3.05, 3.63) is 29.8 Å². The van der Waals surface area contributed by atoms with Crippen molar-refractivity contribution in [1.29, 1.82) is 0 Å². The standard InChI is InChI=1S/C17H21N3O3/c18-15(21)11-6-8-20(9-7-11)17(23)13-2-1-3-14(10-13)19-16(22)12-4-5-12/h1-3,10-12H,4-9H2,(H2,18,21)(H,19,22). The molecule has 23 heavy (non-hydrogen) atoms. The smallest absolute Gasteiger partial charge is 0.253 e. The molecule has 2 fully saturated rings. The summed E-state index contributed by atoms with van der Waals surface area (Å²) in [5, 5.41) is 2.85. The van der Waals surface area contributed by atoms with Gasteiger partial charge in [0, 0.05) is 36.2 Å². The van der Waals surface area contributed by atoms with Crippen LogP contribution in [-0.2, 0) is 9.59 Å². The van der Waals surface area contributed by atoms with Crippen LogP contribution < -0.4 is 11.1 Å². The van der Waals surface area contributed by atoms with Crippen LogP contribution in [0.4, 0.5) is 5.69 Å². The first-order valence-electron chi connectivity index (χ1n) is 8.04. The van der Waals surface area contributed by atoms with E-state index in [1.54, 1.807) is 29.2 Å². The Morgan fingerprint density at radius 1 is 1.04 bits per heavy atom. The van der Waals surface area contributed by atoms with Gasteiger partial charge in [0.1, 0.15) is 0 Å². The minimum Gasteiger partial charge on any atom is -0.369 e. The van der Waals surface area contributed by atoms with Crippen LogP contribution in [-0.4, -0.2) is 35.7 Å². The van der Waals surface area contributed by atoms with Gasteiger partial charge in [-0.1, -0.05) is 6.07 Å². The number of piperidine rings is 1. The van der Waals surface area contributed by atoms with E-state index < -0.39 is 0 Å². The van der Waals surface area contributed by atoms with Crippen LogP contribution in [0.15, 0.2) is 24.3 Å². The Hall–Kier alpha value is -2.37. The molecule has 0 atom stereocenters. The number of primary amides is 1. The third-order valence-electron chi connectivity index (χ3n) is 4.51. The average molecular weight is 315 g/mol. The van der Waals surface area contributed by atoms with Crippen molar-refractivity contribution in [2.75, 3.05) is 18.4 Å². The third kappa shape index (κ3) is 3.70. The second-order valence-corrected chi connectivity index (χ2v) is 6.31. The maximum Gasteiger partial charge on any atom is 0.253 e. The summed E-state index contributed by atoms with van der Waals surface area (Å²) in [6.07, 6.45) is 3.11. The van der Waals surface area contributed by atoms with Crippen LogP contribution in [0.25, 0.3) is 0 Å². The van der Waals surface area contributed by atoms with E-state index in [0.717, 1.165) is 12.8 Å². The van der Waals surface area contributed by atoms with Crippen molar-refractivity contribution in [3.63, 3.8) is 0 Å². The highest BCUT2D eigenvalue weighted by Gasteiger charge is 2.30. The van der Waals surface area contributed by atoms with Gasteiger partial charge in [-0.25, -0.2) is 0 Å². The normalized spacial score (nSPS) is 18.5. The van der Waals surface area contributed by atoms with Crippen LogP contribution in [0.3, 0.4) is 0 Å². The average Bonchev–Trinajstić information content (AvgIpc) is 3.39. The molecule has 2 aliphatic rings. The van der Waals surface area contributed by atoms with Crippen molar-refractivity contribution >= 4 is 23.4 Å². The molecule has 0 aromatic heterocycles. The fourth-order valence-corrected chi connectivity index (χ4v) is 2.87. The predicted octanol–water partition coefficient (Wildman–Crippen LogP) is 1.37. The van der Waals surface area contributed by atoms with Gasteiger partial charge in [0.2, 0.25) is 11.8 Å². The number of rotatable bonds is 4. The van der Waals surface area contributed by atoms with Crippen molar-refractivity contribution < 1.29 is 14.4 Å². The summed E-state index contributed by atoms with van der Waals surface area (Å²) in [5.41, 5.74) is 6.52. The van der Waals surface area contributed by atoms with Crippen LogP contribution in [0, 0.1) is 11.8 Å². The Kier molecular flexibility index (Phi) is 4.32. The van der Waals surface area contributed by atoms with Gasteiger partial charge in [-0.2, -0.15) is 0 Å². The number of carbonyl (C=O) groups excluding carboxylic acids is 3. The van der Waals surface area contributed by atoms with Gasteiger partial charge < -0.3 is 16.0 Å². The van der Waals surface area contributed by atoms with Gasteiger partial charge in [-0.15, -0.1) is 0 Å². The molecule has 6 nitrogen and oxygen atoms in total. The number of benzene rings is 1. The lowest BCUT2D eigenvalue weighted by Gasteiger charge is -2.30. The second-order valence-electron chi connectivity index (χ2n) is 6.31. The molecule has 122 valence electrons. The number of nitrogens with two attached hydrogens (primary N) is 1. The zero-order chi connectivity index (χ0) is 16.4. The number of hydrogen-bond acceptors (Lipinski definition) is 3. The van der Waals surface area contributed by atoms with Crippen molar-refractivity contribution in [2.24, 2.45) is 17.6 Å². The van der Waals surface area contributed by atoms with Gasteiger partial charge >= 0.3 is 0 Å². The Labute approximate surface area is 135 Å². The summed E-state index contributed by atoms with van der Waals surface area (Å²) in [7, 11) is 0. The molecule has 0 unspecified atom stereocenters. The topological polar surface area (TPSA) is 92.5 Å². The van der Waals surface area contributed by atoms with E-state index >= 15 is 0 Å². The maximum atomic E-state index is 12.6. The number of likely N-dealkylation sites (tertiary alicyclic amines) is 1. The highest BCUT2D eigenvalue weighted by Crippen LogP contribution is 2.30. The van der Waals surface area contributed by atoms with Crippen molar-refractivity contribution in [1.82, 2.24) is 4.90 Å². The van der Waals surface area contributed by atoms with E-state index in [2.05, 4.69) is 5.32 Å². The molecule has 1 aliphatic heterocycles. The molecule has 6 heteroatoms. The summed E-state index contributed by atoms with van der Waals surface area (Å²) in [6.45, 7) is 1.07. The fourth-order valence-electron chi connectivity index (χ4n) is 2.87. The summed E-state index contributed by atoms with van der Waals surface area (Å²) >= 11 is 0. The number of anilines is 1. The molecular formula is C17H21N3O3. The maximum absolute atomic E-state index is 12.6. The predicted molar refractivity (Wildman–Crippen MR) is 85.6 cm³/mol. The van der Waals surface area contributed by atoms with Gasteiger partial charge in [-0.3, -0.25) is 14.4 Å². The molecule has 3 amide bonds. The molecular weight excluding hydrogens is 294 g/mol. The molecule has 1 aromatic rings. The minimum atomic E-state index is -0.290. The molecule has 1 aliphatic carbocycles. The van der Waals surface area contributed by atoms with E-state index in [0.29, 0.717) is 37.2 Å². The Bertz CT molecular complexity index is 632. The first-order chi connectivity index (χ1) is 11.0. The zero-order valence-corrected chi connectivity index (χ0v) is 13.0. The number of nitrogens with zero attached hydrogens (tertiary/aromatic N) is 1. The lowest BCUT2D eigenvalue weighted by molar-refractivity contribution is -0.123. The molecule has 0 radical (unpaired) electrons. The van der Waals surface area contributed by atoms with E-state index in [1.165, 1.54) is 0 Å².